The van der Waals surface area contributed by atoms with Crippen molar-refractivity contribution >= 4 is 0 Å². The van der Waals surface area contributed by atoms with Crippen molar-refractivity contribution in [1.29, 1.82) is 0 Å². The van der Waals surface area contributed by atoms with Crippen LogP contribution in [0.25, 0.3) is 0 Å². The maximum Gasteiger partial charge on any atom is 0.126 e. The molecule has 0 saturated carbocycles. The van der Waals surface area contributed by atoms with Gasteiger partial charge in [-0.1, -0.05) is 0 Å². The van der Waals surface area contributed by atoms with Crippen molar-refractivity contribution in [2.45, 2.75) is 18.3 Å². The molecule has 1 aromatic rings. The summed E-state index contributed by atoms with van der Waals surface area (Å²) >= 11 is 0. The number of hydrogen-bond donors (Lipinski definition) is 4. The molecule has 0 radical (unpaired) electrons. The molecule has 0 saturated heterocycles. The zero-order valence-corrected chi connectivity index (χ0v) is 7.35. The molecule has 0 aliphatic rings. The molecule has 1 heterocycles. The van der Waals surface area contributed by atoms with E-state index in [0.717, 1.165) is 0 Å². The first-order valence-electron chi connectivity index (χ1n) is 4.07. The summed E-state index contributed by atoms with van der Waals surface area (Å²) in [4.78, 5) is 7.45. The molecule has 6 nitrogen and oxygen atoms in total. The van der Waals surface area contributed by atoms with E-state index in [0.29, 0.717) is 0 Å². The third kappa shape index (κ3) is 2.46. The third-order valence-corrected chi connectivity index (χ3v) is 1.79. The molecule has 1 aromatic heterocycles. The van der Waals surface area contributed by atoms with Crippen LogP contribution in [0.3, 0.4) is 0 Å². The van der Waals surface area contributed by atoms with Crippen LogP contribution in [0.2, 0.25) is 0 Å². The Labute approximate surface area is 80.5 Å². The standard InChI is InChI=1S/C8H12N2O4/c11-4-6(12)8(14)7(13)5-3-9-1-2-10-5/h1-3,6-8,11-14H,4H2. The summed E-state index contributed by atoms with van der Waals surface area (Å²) in [6.45, 7) is -0.626. The van der Waals surface area contributed by atoms with Crippen LogP contribution >= 0.6 is 0 Å². The second-order valence-corrected chi connectivity index (χ2v) is 2.82. The molecular formula is C8H12N2O4. The lowest BCUT2D eigenvalue weighted by Crippen LogP contribution is -2.35. The Morgan fingerprint density at radius 1 is 1.21 bits per heavy atom. The highest BCUT2D eigenvalue weighted by Crippen LogP contribution is 2.15. The summed E-state index contributed by atoms with van der Waals surface area (Å²) < 4.78 is 0. The minimum Gasteiger partial charge on any atom is -0.394 e. The van der Waals surface area contributed by atoms with Gasteiger partial charge in [-0.05, 0) is 0 Å². The van der Waals surface area contributed by atoms with E-state index in [1.54, 1.807) is 0 Å². The molecule has 0 aliphatic carbocycles. The van der Waals surface area contributed by atoms with E-state index in [1.807, 2.05) is 0 Å². The van der Waals surface area contributed by atoms with Gasteiger partial charge in [0.1, 0.15) is 18.3 Å². The minimum absolute atomic E-state index is 0.146. The lowest BCUT2D eigenvalue weighted by molar-refractivity contribution is -0.0790. The molecule has 14 heavy (non-hydrogen) atoms. The molecule has 0 aromatic carbocycles. The number of aliphatic hydroxyl groups excluding tert-OH is 4. The number of nitrogens with zero attached hydrogens (tertiary/aromatic N) is 2. The summed E-state index contributed by atoms with van der Waals surface area (Å²) in [5, 5.41) is 36.4. The fraction of sp³-hybridized carbons (Fsp3) is 0.500. The molecule has 0 spiro atoms. The first-order chi connectivity index (χ1) is 6.66. The average Bonchev–Trinajstić information content (AvgIpc) is 2.27. The molecule has 6 heteroatoms. The van der Waals surface area contributed by atoms with Crippen molar-refractivity contribution in [3.63, 3.8) is 0 Å². The SMILES string of the molecule is OCC(O)C(O)C(O)c1cnccn1. The fourth-order valence-electron chi connectivity index (χ4n) is 0.957. The van der Waals surface area contributed by atoms with Gasteiger partial charge in [-0.3, -0.25) is 9.97 Å². The van der Waals surface area contributed by atoms with Gasteiger partial charge >= 0.3 is 0 Å². The van der Waals surface area contributed by atoms with E-state index in [-0.39, 0.29) is 5.69 Å². The zero-order chi connectivity index (χ0) is 10.6. The summed E-state index contributed by atoms with van der Waals surface area (Å²) in [5.41, 5.74) is 0.146. The van der Waals surface area contributed by atoms with E-state index >= 15 is 0 Å². The van der Waals surface area contributed by atoms with E-state index in [9.17, 15) is 10.2 Å². The van der Waals surface area contributed by atoms with Gasteiger partial charge in [0, 0.05) is 12.4 Å². The molecular weight excluding hydrogens is 188 g/mol. The smallest absolute Gasteiger partial charge is 0.126 e. The molecule has 0 aliphatic heterocycles. The maximum atomic E-state index is 9.47. The van der Waals surface area contributed by atoms with Crippen LogP contribution < -0.4 is 0 Å². The van der Waals surface area contributed by atoms with Crippen molar-refractivity contribution in [3.05, 3.63) is 24.3 Å². The van der Waals surface area contributed by atoms with Crippen LogP contribution in [-0.4, -0.2) is 49.2 Å². The molecule has 0 fully saturated rings. The van der Waals surface area contributed by atoms with Crippen LogP contribution in [0.15, 0.2) is 18.6 Å². The van der Waals surface area contributed by atoms with E-state index < -0.39 is 24.9 Å². The number of hydrogen-bond acceptors (Lipinski definition) is 6. The lowest BCUT2D eigenvalue weighted by Gasteiger charge is -2.20. The zero-order valence-electron chi connectivity index (χ0n) is 7.35. The normalized spacial score (nSPS) is 17.4. The van der Waals surface area contributed by atoms with Gasteiger partial charge in [-0.2, -0.15) is 0 Å². The van der Waals surface area contributed by atoms with E-state index in [2.05, 4.69) is 9.97 Å². The van der Waals surface area contributed by atoms with Gasteiger partial charge in [0.2, 0.25) is 0 Å². The Bertz CT molecular complexity index is 269. The summed E-state index contributed by atoms with van der Waals surface area (Å²) in [5.74, 6) is 0. The van der Waals surface area contributed by atoms with Crippen molar-refractivity contribution in [1.82, 2.24) is 9.97 Å². The largest absolute Gasteiger partial charge is 0.394 e. The maximum absolute atomic E-state index is 9.47. The summed E-state index contributed by atoms with van der Waals surface area (Å²) in [6.07, 6.45) is -0.172. The highest BCUT2D eigenvalue weighted by atomic mass is 16.4. The van der Waals surface area contributed by atoms with Gasteiger partial charge in [-0.25, -0.2) is 0 Å². The fourth-order valence-corrected chi connectivity index (χ4v) is 0.957. The van der Waals surface area contributed by atoms with Gasteiger partial charge in [0.05, 0.1) is 18.5 Å². The predicted molar refractivity (Wildman–Crippen MR) is 46.1 cm³/mol. The third-order valence-electron chi connectivity index (χ3n) is 1.79. The second-order valence-electron chi connectivity index (χ2n) is 2.82. The Balaban J connectivity index is 2.70. The molecule has 3 unspecified atom stereocenters. The first kappa shape index (κ1) is 11.0. The quantitative estimate of drug-likeness (QED) is 0.458. The summed E-state index contributed by atoms with van der Waals surface area (Å²) in [7, 11) is 0. The van der Waals surface area contributed by atoms with Crippen molar-refractivity contribution < 1.29 is 20.4 Å². The minimum atomic E-state index is -1.48. The number of rotatable bonds is 4. The van der Waals surface area contributed by atoms with Crippen LogP contribution in [0.1, 0.15) is 11.8 Å². The molecule has 0 amide bonds. The van der Waals surface area contributed by atoms with Crippen LogP contribution in [-0.2, 0) is 0 Å². The lowest BCUT2D eigenvalue weighted by atomic mass is 10.1. The number of aliphatic hydroxyl groups is 4. The van der Waals surface area contributed by atoms with Gasteiger partial charge in [-0.15, -0.1) is 0 Å². The van der Waals surface area contributed by atoms with Crippen LogP contribution in [0, 0.1) is 0 Å². The Hall–Kier alpha value is -1.08. The van der Waals surface area contributed by atoms with E-state index in [4.69, 9.17) is 10.2 Å². The van der Waals surface area contributed by atoms with Gasteiger partial charge in [0.15, 0.2) is 0 Å². The van der Waals surface area contributed by atoms with Crippen LogP contribution in [0.5, 0.6) is 0 Å². The molecule has 78 valence electrons. The van der Waals surface area contributed by atoms with Gasteiger partial charge < -0.3 is 20.4 Å². The monoisotopic (exact) mass is 200 g/mol. The molecule has 1 rings (SSSR count). The average molecular weight is 200 g/mol. The Kier molecular flexibility index (Phi) is 3.90. The second kappa shape index (κ2) is 4.97. The van der Waals surface area contributed by atoms with E-state index in [1.165, 1.54) is 18.6 Å². The number of aromatic nitrogens is 2. The highest BCUT2D eigenvalue weighted by Gasteiger charge is 2.26. The molecule has 3 atom stereocenters. The Morgan fingerprint density at radius 2 is 1.93 bits per heavy atom. The predicted octanol–water partition coefficient (Wildman–Crippen LogP) is -1.78. The Morgan fingerprint density at radius 3 is 2.43 bits per heavy atom. The van der Waals surface area contributed by atoms with Crippen molar-refractivity contribution in [2.24, 2.45) is 0 Å². The molecule has 0 bridgehead atoms. The molecule has 4 N–H and O–H groups in total. The first-order valence-corrected chi connectivity index (χ1v) is 4.07. The van der Waals surface area contributed by atoms with Crippen LogP contribution in [0.4, 0.5) is 0 Å². The van der Waals surface area contributed by atoms with Gasteiger partial charge in [0.25, 0.3) is 0 Å². The topological polar surface area (TPSA) is 107 Å². The summed E-state index contributed by atoms with van der Waals surface area (Å²) in [6, 6.07) is 0. The van der Waals surface area contributed by atoms with Crippen molar-refractivity contribution in [3.8, 4) is 0 Å². The highest BCUT2D eigenvalue weighted by molar-refractivity contribution is 5.02. The van der Waals surface area contributed by atoms with Crippen molar-refractivity contribution in [2.75, 3.05) is 6.61 Å².